The third kappa shape index (κ3) is 4.51. The highest BCUT2D eigenvalue weighted by molar-refractivity contribution is 7.90. The van der Waals surface area contributed by atoms with Gasteiger partial charge in [-0.1, -0.05) is 18.2 Å². The van der Waals surface area contributed by atoms with Crippen molar-refractivity contribution in [3.05, 3.63) is 59.7 Å². The standard InChI is InChI=1S/C17H16N2O5S/c1-11(20)15-5-3-4-6-16(15)17(22)19-25(23,24)14-9-7-13(8-10-14)18-12(2)21/h3-10H,1-2H3,(H,18,21)(H,19,22). The number of carbonyl (C=O) groups excluding carboxylic acids is 3. The van der Waals surface area contributed by atoms with E-state index in [2.05, 4.69) is 5.32 Å². The Balaban J connectivity index is 2.25. The van der Waals surface area contributed by atoms with Crippen molar-refractivity contribution in [2.24, 2.45) is 0 Å². The highest BCUT2D eigenvalue weighted by Crippen LogP contribution is 2.15. The first-order valence-corrected chi connectivity index (χ1v) is 8.74. The van der Waals surface area contributed by atoms with Crippen LogP contribution in [0.3, 0.4) is 0 Å². The normalized spacial score (nSPS) is 10.8. The fourth-order valence-electron chi connectivity index (χ4n) is 2.14. The first kappa shape index (κ1) is 18.3. The van der Waals surface area contributed by atoms with Gasteiger partial charge in [-0.3, -0.25) is 14.4 Å². The number of Topliss-reactive ketones (excluding diaryl/α,β-unsaturated/α-hetero) is 1. The minimum Gasteiger partial charge on any atom is -0.326 e. The Hall–Kier alpha value is -3.00. The number of nitrogens with one attached hydrogen (secondary N) is 2. The minimum absolute atomic E-state index is 0.0200. The molecule has 2 aromatic carbocycles. The second-order valence-electron chi connectivity index (χ2n) is 5.24. The summed E-state index contributed by atoms with van der Waals surface area (Å²) in [6.45, 7) is 2.62. The van der Waals surface area contributed by atoms with Crippen molar-refractivity contribution in [3.8, 4) is 0 Å². The molecule has 0 unspecified atom stereocenters. The number of benzene rings is 2. The van der Waals surface area contributed by atoms with Gasteiger partial charge in [-0.05, 0) is 37.3 Å². The summed E-state index contributed by atoms with van der Waals surface area (Å²) in [4.78, 5) is 34.7. The molecule has 0 bridgehead atoms. The van der Waals surface area contributed by atoms with Gasteiger partial charge in [-0.15, -0.1) is 0 Å². The average Bonchev–Trinajstić information content (AvgIpc) is 2.54. The molecule has 25 heavy (non-hydrogen) atoms. The fourth-order valence-corrected chi connectivity index (χ4v) is 3.11. The fraction of sp³-hybridized carbons (Fsp3) is 0.118. The van der Waals surface area contributed by atoms with Crippen LogP contribution in [0.1, 0.15) is 34.6 Å². The number of hydrogen-bond donors (Lipinski definition) is 2. The summed E-state index contributed by atoms with van der Waals surface area (Å²) < 4.78 is 26.6. The molecule has 0 saturated carbocycles. The summed E-state index contributed by atoms with van der Waals surface area (Å²) in [5.41, 5.74) is 0.546. The van der Waals surface area contributed by atoms with Crippen molar-refractivity contribution >= 4 is 33.3 Å². The molecular formula is C17H16N2O5S. The zero-order chi connectivity index (χ0) is 18.6. The molecule has 0 aliphatic heterocycles. The van der Waals surface area contributed by atoms with Gasteiger partial charge in [0, 0.05) is 18.2 Å². The molecule has 2 aromatic rings. The molecule has 0 saturated heterocycles. The third-order valence-electron chi connectivity index (χ3n) is 3.26. The van der Waals surface area contributed by atoms with E-state index >= 15 is 0 Å². The molecule has 2 rings (SSSR count). The molecule has 0 spiro atoms. The first-order valence-electron chi connectivity index (χ1n) is 7.25. The summed E-state index contributed by atoms with van der Waals surface area (Å²) in [5, 5.41) is 2.51. The number of anilines is 1. The lowest BCUT2D eigenvalue weighted by Crippen LogP contribution is -2.31. The monoisotopic (exact) mass is 360 g/mol. The number of amides is 2. The second-order valence-corrected chi connectivity index (χ2v) is 6.92. The SMILES string of the molecule is CC(=O)Nc1ccc(S(=O)(=O)NC(=O)c2ccccc2C(C)=O)cc1. The smallest absolute Gasteiger partial charge is 0.265 e. The van der Waals surface area contributed by atoms with Gasteiger partial charge in [-0.25, -0.2) is 13.1 Å². The lowest BCUT2D eigenvalue weighted by molar-refractivity contribution is -0.114. The molecule has 0 heterocycles. The first-order chi connectivity index (χ1) is 11.7. The molecule has 0 aliphatic carbocycles. The van der Waals surface area contributed by atoms with Crippen LogP contribution in [0.15, 0.2) is 53.4 Å². The van der Waals surface area contributed by atoms with Crippen LogP contribution in [0, 0.1) is 0 Å². The Morgan fingerprint density at radius 3 is 1.92 bits per heavy atom. The van der Waals surface area contributed by atoms with Gasteiger partial charge in [0.25, 0.3) is 15.9 Å². The van der Waals surface area contributed by atoms with Crippen molar-refractivity contribution in [3.63, 3.8) is 0 Å². The van der Waals surface area contributed by atoms with Crippen molar-refractivity contribution < 1.29 is 22.8 Å². The van der Waals surface area contributed by atoms with Gasteiger partial charge in [0.05, 0.1) is 10.5 Å². The van der Waals surface area contributed by atoms with Gasteiger partial charge < -0.3 is 5.32 Å². The number of rotatable bonds is 5. The molecule has 0 aromatic heterocycles. The van der Waals surface area contributed by atoms with Crippen LogP contribution in [0.2, 0.25) is 0 Å². The summed E-state index contributed by atoms with van der Waals surface area (Å²) in [5.74, 6) is -1.52. The van der Waals surface area contributed by atoms with E-state index in [0.717, 1.165) is 0 Å². The maximum atomic E-state index is 12.3. The lowest BCUT2D eigenvalue weighted by Gasteiger charge is -2.10. The van der Waals surface area contributed by atoms with Crippen molar-refractivity contribution in [1.29, 1.82) is 0 Å². The van der Waals surface area contributed by atoms with E-state index in [9.17, 15) is 22.8 Å². The van der Waals surface area contributed by atoms with Crippen LogP contribution in [0.5, 0.6) is 0 Å². The van der Waals surface area contributed by atoms with Crippen LogP contribution in [-0.2, 0) is 14.8 Å². The quantitative estimate of drug-likeness (QED) is 0.792. The Morgan fingerprint density at radius 2 is 1.40 bits per heavy atom. The van der Waals surface area contributed by atoms with Crippen molar-refractivity contribution in [1.82, 2.24) is 4.72 Å². The Kier molecular flexibility index (Phi) is 5.33. The third-order valence-corrected chi connectivity index (χ3v) is 4.61. The Bertz CT molecular complexity index is 934. The largest absolute Gasteiger partial charge is 0.326 e. The number of sulfonamides is 1. The molecule has 0 aliphatic rings. The highest BCUT2D eigenvalue weighted by atomic mass is 32.2. The molecule has 8 heteroatoms. The van der Waals surface area contributed by atoms with E-state index in [-0.39, 0.29) is 27.7 Å². The molecule has 0 radical (unpaired) electrons. The molecular weight excluding hydrogens is 344 g/mol. The van der Waals surface area contributed by atoms with Gasteiger partial charge in [-0.2, -0.15) is 0 Å². The predicted octanol–water partition coefficient (Wildman–Crippen LogP) is 1.97. The van der Waals surface area contributed by atoms with E-state index in [0.29, 0.717) is 5.69 Å². The van der Waals surface area contributed by atoms with E-state index in [4.69, 9.17) is 0 Å². The Labute approximate surface area is 145 Å². The van der Waals surface area contributed by atoms with E-state index in [1.54, 1.807) is 6.07 Å². The van der Waals surface area contributed by atoms with Crippen LogP contribution in [0.25, 0.3) is 0 Å². The summed E-state index contributed by atoms with van der Waals surface area (Å²) in [6.07, 6.45) is 0. The summed E-state index contributed by atoms with van der Waals surface area (Å²) in [6, 6.07) is 11.3. The number of ketones is 1. The maximum Gasteiger partial charge on any atom is 0.265 e. The predicted molar refractivity (Wildman–Crippen MR) is 91.8 cm³/mol. The van der Waals surface area contributed by atoms with Crippen LogP contribution in [0.4, 0.5) is 5.69 Å². The molecule has 7 nitrogen and oxygen atoms in total. The number of carbonyl (C=O) groups is 3. The Morgan fingerprint density at radius 1 is 0.840 bits per heavy atom. The van der Waals surface area contributed by atoms with E-state index < -0.39 is 15.9 Å². The van der Waals surface area contributed by atoms with Crippen LogP contribution < -0.4 is 10.0 Å². The second kappa shape index (κ2) is 7.27. The van der Waals surface area contributed by atoms with Gasteiger partial charge in [0.15, 0.2) is 5.78 Å². The van der Waals surface area contributed by atoms with Gasteiger partial charge in [0.1, 0.15) is 0 Å². The summed E-state index contributed by atoms with van der Waals surface area (Å²) in [7, 11) is -4.12. The molecule has 0 fully saturated rings. The zero-order valence-corrected chi connectivity index (χ0v) is 14.4. The van der Waals surface area contributed by atoms with E-state index in [1.165, 1.54) is 56.3 Å². The maximum absolute atomic E-state index is 12.3. The summed E-state index contributed by atoms with van der Waals surface area (Å²) >= 11 is 0. The van der Waals surface area contributed by atoms with Crippen molar-refractivity contribution in [2.75, 3.05) is 5.32 Å². The van der Waals surface area contributed by atoms with Gasteiger partial charge >= 0.3 is 0 Å². The van der Waals surface area contributed by atoms with E-state index in [1.807, 2.05) is 4.72 Å². The molecule has 2 amide bonds. The molecule has 130 valence electrons. The zero-order valence-electron chi connectivity index (χ0n) is 13.6. The molecule has 0 atom stereocenters. The van der Waals surface area contributed by atoms with Crippen LogP contribution >= 0.6 is 0 Å². The minimum atomic E-state index is -4.12. The topological polar surface area (TPSA) is 109 Å². The molecule has 2 N–H and O–H groups in total. The van der Waals surface area contributed by atoms with Crippen LogP contribution in [-0.4, -0.2) is 26.0 Å². The average molecular weight is 360 g/mol. The van der Waals surface area contributed by atoms with Gasteiger partial charge in [0.2, 0.25) is 5.91 Å². The highest BCUT2D eigenvalue weighted by Gasteiger charge is 2.21. The van der Waals surface area contributed by atoms with Crippen molar-refractivity contribution in [2.45, 2.75) is 18.7 Å². The number of hydrogen-bond acceptors (Lipinski definition) is 5. The lowest BCUT2D eigenvalue weighted by atomic mass is 10.0.